The van der Waals surface area contributed by atoms with Crippen molar-refractivity contribution in [2.45, 2.75) is 83.5 Å². The highest BCUT2D eigenvalue weighted by molar-refractivity contribution is 7.49. The number of hydrogen-bond donors (Lipinski definition) is 3. The first-order valence-corrected chi connectivity index (χ1v) is 13.6. The fourth-order valence-electron chi connectivity index (χ4n) is 4.30. The van der Waals surface area contributed by atoms with Gasteiger partial charge in [-0.25, -0.2) is 9.55 Å². The maximum Gasteiger partial charge on any atom is 0.530 e. The van der Waals surface area contributed by atoms with Crippen LogP contribution in [-0.4, -0.2) is 50.6 Å². The highest BCUT2D eigenvalue weighted by Gasteiger charge is 2.47. The predicted octanol–water partition coefficient (Wildman–Crippen LogP) is 2.29. The van der Waals surface area contributed by atoms with E-state index in [-0.39, 0.29) is 17.4 Å². The van der Waals surface area contributed by atoms with Gasteiger partial charge in [0.1, 0.15) is 24.1 Å². The summed E-state index contributed by atoms with van der Waals surface area (Å²) in [7, 11) is -4.13. The minimum atomic E-state index is -4.13. The molecule has 2 aliphatic rings. The number of phosphoric ester groups is 1. The molecule has 2 aromatic rings. The average molecular weight is 552 g/mol. The van der Waals surface area contributed by atoms with Crippen molar-refractivity contribution >= 4 is 13.7 Å². The number of aliphatic hydroxyl groups is 2. The standard InChI is InChI=1S/C25H34N3O9P/c1-24(2,3)14-9-13-11-34-38(33,37-20(13)15(10-14)25(4,5)6)35-12-16-18(29)19(30)23(36-16)28-8-7-27-17(21(26)31)22(28)32/h7-10,16,18-19,23,29-30H,11-12H2,1-6H3,(H2,26,31)/t16-,18-,19-,23-,38?/m1/s1. The molecule has 0 aliphatic carbocycles. The molecule has 12 nitrogen and oxygen atoms in total. The number of benzene rings is 1. The van der Waals surface area contributed by atoms with Gasteiger partial charge in [0, 0.05) is 23.5 Å². The van der Waals surface area contributed by atoms with Gasteiger partial charge in [-0.15, -0.1) is 0 Å². The zero-order chi connectivity index (χ0) is 28.2. The second-order valence-corrected chi connectivity index (χ2v) is 13.1. The van der Waals surface area contributed by atoms with Gasteiger partial charge < -0.3 is 25.2 Å². The molecule has 5 atom stereocenters. The van der Waals surface area contributed by atoms with Crippen molar-refractivity contribution < 1.29 is 37.9 Å². The fraction of sp³-hybridized carbons (Fsp3) is 0.560. The first-order valence-electron chi connectivity index (χ1n) is 12.2. The minimum Gasteiger partial charge on any atom is -0.403 e. The lowest BCUT2D eigenvalue weighted by atomic mass is 9.79. The van der Waals surface area contributed by atoms with Crippen LogP contribution in [0.5, 0.6) is 5.75 Å². The molecule has 4 N–H and O–H groups in total. The molecule has 0 radical (unpaired) electrons. The van der Waals surface area contributed by atoms with Crippen molar-refractivity contribution in [3.05, 3.63) is 57.3 Å². The molecule has 1 saturated heterocycles. The zero-order valence-electron chi connectivity index (χ0n) is 22.2. The maximum absolute atomic E-state index is 13.4. The Balaban J connectivity index is 1.54. The van der Waals surface area contributed by atoms with Gasteiger partial charge in [0.25, 0.3) is 11.5 Å². The lowest BCUT2D eigenvalue weighted by Crippen LogP contribution is -2.38. The fourth-order valence-corrected chi connectivity index (χ4v) is 5.55. The number of phosphoric acid groups is 1. The van der Waals surface area contributed by atoms with Gasteiger partial charge in [-0.1, -0.05) is 47.6 Å². The van der Waals surface area contributed by atoms with E-state index in [2.05, 4.69) is 25.8 Å². The van der Waals surface area contributed by atoms with Crippen LogP contribution in [0.3, 0.4) is 0 Å². The Morgan fingerprint density at radius 2 is 1.87 bits per heavy atom. The molecular formula is C25H34N3O9P. The lowest BCUT2D eigenvalue weighted by molar-refractivity contribution is -0.0550. The van der Waals surface area contributed by atoms with E-state index in [0.29, 0.717) is 5.75 Å². The molecule has 1 aromatic carbocycles. The third-order valence-corrected chi connectivity index (χ3v) is 7.85. The molecule has 0 bridgehead atoms. The van der Waals surface area contributed by atoms with Gasteiger partial charge in [0.15, 0.2) is 11.9 Å². The van der Waals surface area contributed by atoms with Gasteiger partial charge in [0.2, 0.25) is 0 Å². The van der Waals surface area contributed by atoms with Crippen molar-refractivity contribution in [3.63, 3.8) is 0 Å². The van der Waals surface area contributed by atoms with E-state index in [1.54, 1.807) is 0 Å². The highest BCUT2D eigenvalue weighted by Crippen LogP contribution is 2.57. The number of carbonyl (C=O) groups excluding carboxylic acids is 1. The van der Waals surface area contributed by atoms with Crippen LogP contribution < -0.4 is 15.8 Å². The topological polar surface area (TPSA) is 172 Å². The summed E-state index contributed by atoms with van der Waals surface area (Å²) in [6.07, 6.45) is -3.32. The van der Waals surface area contributed by atoms with E-state index in [0.717, 1.165) is 27.5 Å². The molecule has 0 saturated carbocycles. The number of ether oxygens (including phenoxy) is 1. The molecule has 38 heavy (non-hydrogen) atoms. The number of rotatable bonds is 5. The Kier molecular flexibility index (Phi) is 7.37. The Morgan fingerprint density at radius 1 is 1.18 bits per heavy atom. The third kappa shape index (κ3) is 5.42. The zero-order valence-corrected chi connectivity index (χ0v) is 23.1. The number of nitrogens with two attached hydrogens (primary N) is 1. The Hall–Kier alpha value is -2.60. The molecule has 1 fully saturated rings. The summed E-state index contributed by atoms with van der Waals surface area (Å²) in [5.41, 5.74) is 5.93. The SMILES string of the molecule is CC(C)(C)c1cc2c(c(C(C)(C)C)c1)OP(=O)(OC[C@H]1O[C@@H](n3ccnc(C(N)=O)c3=O)[C@H](O)[C@@H]1O)OC2. The number of amides is 1. The van der Waals surface area contributed by atoms with Crippen LogP contribution in [-0.2, 0) is 35.8 Å². The first kappa shape index (κ1) is 28.4. The lowest BCUT2D eigenvalue weighted by Gasteiger charge is -2.33. The van der Waals surface area contributed by atoms with Crippen molar-refractivity contribution in [1.82, 2.24) is 9.55 Å². The number of nitrogens with zero attached hydrogens (tertiary/aromatic N) is 2. The molecule has 1 amide bonds. The van der Waals surface area contributed by atoms with Gasteiger partial charge >= 0.3 is 7.82 Å². The van der Waals surface area contributed by atoms with Crippen LogP contribution in [0.15, 0.2) is 29.3 Å². The number of aromatic nitrogens is 2. The summed E-state index contributed by atoms with van der Waals surface area (Å²) >= 11 is 0. The van der Waals surface area contributed by atoms with E-state index in [4.69, 9.17) is 24.0 Å². The van der Waals surface area contributed by atoms with Crippen LogP contribution >= 0.6 is 7.82 Å². The maximum atomic E-state index is 13.4. The van der Waals surface area contributed by atoms with Crippen LogP contribution in [0.25, 0.3) is 0 Å². The number of hydrogen-bond acceptors (Lipinski definition) is 10. The summed E-state index contributed by atoms with van der Waals surface area (Å²) in [6, 6.07) is 4.00. The molecule has 1 aromatic heterocycles. The normalized spacial score (nSPS) is 27.6. The molecule has 0 spiro atoms. The van der Waals surface area contributed by atoms with Crippen molar-refractivity contribution in [2.24, 2.45) is 5.73 Å². The molecular weight excluding hydrogens is 517 g/mol. The van der Waals surface area contributed by atoms with E-state index in [1.807, 2.05) is 32.9 Å². The molecule has 3 heterocycles. The Morgan fingerprint density at radius 3 is 2.47 bits per heavy atom. The molecule has 208 valence electrons. The average Bonchev–Trinajstić information content (AvgIpc) is 3.09. The summed E-state index contributed by atoms with van der Waals surface area (Å²) < 4.78 is 36.9. The van der Waals surface area contributed by atoms with E-state index >= 15 is 0 Å². The van der Waals surface area contributed by atoms with Crippen molar-refractivity contribution in [1.29, 1.82) is 0 Å². The monoisotopic (exact) mass is 551 g/mol. The van der Waals surface area contributed by atoms with E-state index in [9.17, 15) is 24.4 Å². The largest absolute Gasteiger partial charge is 0.530 e. The molecule has 2 aliphatic heterocycles. The first-order chi connectivity index (χ1) is 17.5. The molecule has 13 heteroatoms. The summed E-state index contributed by atoms with van der Waals surface area (Å²) in [4.78, 5) is 27.6. The second kappa shape index (κ2) is 9.86. The van der Waals surface area contributed by atoms with Gasteiger partial charge in [-0.2, -0.15) is 0 Å². The number of primary amides is 1. The Bertz CT molecular complexity index is 1350. The van der Waals surface area contributed by atoms with Crippen molar-refractivity contribution in [3.8, 4) is 5.75 Å². The van der Waals surface area contributed by atoms with Crippen LogP contribution in [0, 0.1) is 0 Å². The van der Waals surface area contributed by atoms with Crippen LogP contribution in [0.1, 0.15) is 74.9 Å². The van der Waals surface area contributed by atoms with Gasteiger partial charge in [-0.3, -0.25) is 23.2 Å². The summed E-state index contributed by atoms with van der Waals surface area (Å²) in [5, 5.41) is 21.1. The number of fused-ring (bicyclic) bond motifs is 1. The summed E-state index contributed by atoms with van der Waals surface area (Å²) in [6.45, 7) is 11.9. The van der Waals surface area contributed by atoms with Crippen LogP contribution in [0.2, 0.25) is 0 Å². The summed E-state index contributed by atoms with van der Waals surface area (Å²) in [5.74, 6) is -0.625. The molecule has 1 unspecified atom stereocenters. The molecule has 4 rings (SSSR count). The second-order valence-electron chi connectivity index (χ2n) is 11.5. The quantitative estimate of drug-likeness (QED) is 0.468. The number of carbonyl (C=O) groups is 1. The predicted molar refractivity (Wildman–Crippen MR) is 136 cm³/mol. The van der Waals surface area contributed by atoms with Gasteiger partial charge in [0.05, 0.1) is 13.2 Å². The highest BCUT2D eigenvalue weighted by atomic mass is 31.2. The third-order valence-electron chi connectivity index (χ3n) is 6.53. The van der Waals surface area contributed by atoms with Gasteiger partial charge in [-0.05, 0) is 22.5 Å². The van der Waals surface area contributed by atoms with E-state index < -0.39 is 56.1 Å². The van der Waals surface area contributed by atoms with E-state index in [1.165, 1.54) is 6.20 Å². The minimum absolute atomic E-state index is 0.0127. The number of aliphatic hydroxyl groups excluding tert-OH is 2. The Labute approximate surface area is 220 Å². The smallest absolute Gasteiger partial charge is 0.403 e. The van der Waals surface area contributed by atoms with Crippen LogP contribution in [0.4, 0.5) is 0 Å². The van der Waals surface area contributed by atoms with Crippen molar-refractivity contribution in [2.75, 3.05) is 6.61 Å².